The van der Waals surface area contributed by atoms with E-state index in [2.05, 4.69) is 4.72 Å². The molecule has 4 nitrogen and oxygen atoms in total. The Labute approximate surface area is 125 Å². The van der Waals surface area contributed by atoms with E-state index >= 15 is 0 Å². The summed E-state index contributed by atoms with van der Waals surface area (Å²) in [5, 5.41) is 0. The predicted octanol–water partition coefficient (Wildman–Crippen LogP) is 2.49. The van der Waals surface area contributed by atoms with Crippen LogP contribution in [-0.2, 0) is 21.4 Å². The molecule has 21 heavy (non-hydrogen) atoms. The molecule has 0 amide bonds. The molecule has 0 heterocycles. The van der Waals surface area contributed by atoms with Gasteiger partial charge in [-0.1, -0.05) is 48.0 Å². The monoisotopic (exact) mass is 305 g/mol. The van der Waals surface area contributed by atoms with Crippen molar-refractivity contribution < 1.29 is 13.2 Å². The van der Waals surface area contributed by atoms with Crippen molar-refractivity contribution in [1.82, 2.24) is 4.72 Å². The van der Waals surface area contributed by atoms with Gasteiger partial charge in [0.15, 0.2) is 0 Å². The van der Waals surface area contributed by atoms with E-state index in [1.54, 1.807) is 24.3 Å². The fourth-order valence-electron chi connectivity index (χ4n) is 1.81. The van der Waals surface area contributed by atoms with Gasteiger partial charge in [0, 0.05) is 6.54 Å². The summed E-state index contributed by atoms with van der Waals surface area (Å²) in [5.41, 5.74) is 2.10. The van der Waals surface area contributed by atoms with Crippen LogP contribution in [-0.4, -0.2) is 21.6 Å². The molecule has 0 bridgehead atoms. The molecule has 0 atom stereocenters. The maximum Gasteiger partial charge on any atom is 0.240 e. The molecule has 2 aromatic rings. The first-order chi connectivity index (χ1) is 10.1. The molecule has 0 aromatic heterocycles. The number of nitrogens with one attached hydrogen (secondary N) is 1. The van der Waals surface area contributed by atoms with Gasteiger partial charge in [-0.25, -0.2) is 13.1 Å². The molecule has 0 aliphatic rings. The maximum atomic E-state index is 12.0. The molecular weight excluding hydrogens is 286 g/mol. The van der Waals surface area contributed by atoms with Crippen LogP contribution in [0.15, 0.2) is 59.5 Å². The molecule has 2 aromatic carbocycles. The molecule has 0 saturated heterocycles. The molecule has 0 aliphatic carbocycles. The van der Waals surface area contributed by atoms with Gasteiger partial charge in [-0.3, -0.25) is 0 Å². The van der Waals surface area contributed by atoms with E-state index in [1.165, 1.54) is 0 Å². The summed E-state index contributed by atoms with van der Waals surface area (Å²) in [6.07, 6.45) is 0. The molecule has 0 radical (unpaired) electrons. The van der Waals surface area contributed by atoms with Gasteiger partial charge in [0.1, 0.15) is 0 Å². The van der Waals surface area contributed by atoms with Crippen LogP contribution in [0.1, 0.15) is 11.1 Å². The Kier molecular flexibility index (Phi) is 5.50. The lowest BCUT2D eigenvalue weighted by molar-refractivity contribution is 0.126. The van der Waals surface area contributed by atoms with E-state index < -0.39 is 10.0 Å². The van der Waals surface area contributed by atoms with E-state index in [-0.39, 0.29) is 11.4 Å². The van der Waals surface area contributed by atoms with Crippen LogP contribution in [0.3, 0.4) is 0 Å². The van der Waals surface area contributed by atoms with Crippen LogP contribution in [0.25, 0.3) is 0 Å². The molecule has 0 aliphatic heterocycles. The van der Waals surface area contributed by atoms with Crippen molar-refractivity contribution in [1.29, 1.82) is 0 Å². The van der Waals surface area contributed by atoms with E-state index in [1.807, 2.05) is 37.3 Å². The first-order valence-corrected chi connectivity index (χ1v) is 8.24. The lowest BCUT2D eigenvalue weighted by Gasteiger charge is -2.08. The summed E-state index contributed by atoms with van der Waals surface area (Å²) < 4.78 is 32.0. The highest BCUT2D eigenvalue weighted by atomic mass is 32.2. The van der Waals surface area contributed by atoms with Crippen molar-refractivity contribution in [3.8, 4) is 0 Å². The largest absolute Gasteiger partial charge is 0.375 e. The minimum atomic E-state index is -3.45. The highest BCUT2D eigenvalue weighted by Gasteiger charge is 2.12. The lowest BCUT2D eigenvalue weighted by Crippen LogP contribution is -2.27. The predicted molar refractivity (Wildman–Crippen MR) is 82.5 cm³/mol. The van der Waals surface area contributed by atoms with Crippen LogP contribution < -0.4 is 4.72 Å². The number of aryl methyl sites for hydroxylation is 1. The van der Waals surface area contributed by atoms with Gasteiger partial charge < -0.3 is 4.74 Å². The second kappa shape index (κ2) is 7.36. The quantitative estimate of drug-likeness (QED) is 0.800. The molecular formula is C16H19NO3S. The first kappa shape index (κ1) is 15.7. The van der Waals surface area contributed by atoms with Crippen LogP contribution in [0.4, 0.5) is 0 Å². The van der Waals surface area contributed by atoms with E-state index in [0.29, 0.717) is 13.2 Å². The number of benzene rings is 2. The Morgan fingerprint density at radius 1 is 1.00 bits per heavy atom. The zero-order chi connectivity index (χ0) is 15.1. The van der Waals surface area contributed by atoms with Crippen LogP contribution in [0.5, 0.6) is 0 Å². The summed E-state index contributed by atoms with van der Waals surface area (Å²) >= 11 is 0. The van der Waals surface area contributed by atoms with E-state index in [9.17, 15) is 8.42 Å². The third-order valence-electron chi connectivity index (χ3n) is 2.98. The summed E-state index contributed by atoms with van der Waals surface area (Å²) in [5.74, 6) is 0. The Bertz CT molecular complexity index is 652. The maximum absolute atomic E-state index is 12.0. The molecule has 0 unspecified atom stereocenters. The number of ether oxygens (including phenoxy) is 1. The van der Waals surface area contributed by atoms with Crippen molar-refractivity contribution in [2.45, 2.75) is 18.4 Å². The van der Waals surface area contributed by atoms with Crippen LogP contribution in [0.2, 0.25) is 0 Å². The molecule has 5 heteroatoms. The highest BCUT2D eigenvalue weighted by molar-refractivity contribution is 7.89. The van der Waals surface area contributed by atoms with Gasteiger partial charge >= 0.3 is 0 Å². The van der Waals surface area contributed by atoms with Gasteiger partial charge in [0.05, 0.1) is 18.1 Å². The molecule has 0 fully saturated rings. The minimum Gasteiger partial charge on any atom is -0.375 e. The second-order valence-electron chi connectivity index (χ2n) is 4.75. The number of hydrogen-bond donors (Lipinski definition) is 1. The Balaban J connectivity index is 1.76. The van der Waals surface area contributed by atoms with Gasteiger partial charge in [0.2, 0.25) is 10.0 Å². The summed E-state index contributed by atoms with van der Waals surface area (Å²) in [6, 6.07) is 16.5. The number of hydrogen-bond acceptors (Lipinski definition) is 3. The normalized spacial score (nSPS) is 11.5. The first-order valence-electron chi connectivity index (χ1n) is 6.76. The Morgan fingerprint density at radius 3 is 2.33 bits per heavy atom. The number of sulfonamides is 1. The zero-order valence-corrected chi connectivity index (χ0v) is 12.8. The molecule has 1 N–H and O–H groups in total. The van der Waals surface area contributed by atoms with Gasteiger partial charge in [0.25, 0.3) is 0 Å². The third kappa shape index (κ3) is 4.97. The molecule has 2 rings (SSSR count). The SMILES string of the molecule is Cc1ccc(S(=O)(=O)NCCOCc2ccccc2)cc1. The van der Waals surface area contributed by atoms with Crippen LogP contribution in [0, 0.1) is 6.92 Å². The lowest BCUT2D eigenvalue weighted by atomic mass is 10.2. The smallest absolute Gasteiger partial charge is 0.240 e. The standard InChI is InChI=1S/C16H19NO3S/c1-14-7-9-16(10-8-14)21(18,19)17-11-12-20-13-15-5-3-2-4-6-15/h2-10,17H,11-13H2,1H3. The van der Waals surface area contributed by atoms with Crippen molar-refractivity contribution in [2.75, 3.05) is 13.2 Å². The van der Waals surface area contributed by atoms with Crippen molar-refractivity contribution in [2.24, 2.45) is 0 Å². The average Bonchev–Trinajstić information content (AvgIpc) is 2.48. The highest BCUT2D eigenvalue weighted by Crippen LogP contribution is 2.09. The van der Waals surface area contributed by atoms with Crippen LogP contribution >= 0.6 is 0 Å². The van der Waals surface area contributed by atoms with E-state index in [4.69, 9.17) is 4.74 Å². The Morgan fingerprint density at radius 2 is 1.67 bits per heavy atom. The third-order valence-corrected chi connectivity index (χ3v) is 4.46. The second-order valence-corrected chi connectivity index (χ2v) is 6.52. The molecule has 112 valence electrons. The topological polar surface area (TPSA) is 55.4 Å². The van der Waals surface area contributed by atoms with Gasteiger partial charge in [-0.2, -0.15) is 0 Å². The number of rotatable bonds is 7. The minimum absolute atomic E-state index is 0.253. The zero-order valence-electron chi connectivity index (χ0n) is 12.0. The van der Waals surface area contributed by atoms with Gasteiger partial charge in [-0.15, -0.1) is 0 Å². The van der Waals surface area contributed by atoms with Crippen molar-refractivity contribution in [3.63, 3.8) is 0 Å². The van der Waals surface area contributed by atoms with E-state index in [0.717, 1.165) is 11.1 Å². The summed E-state index contributed by atoms with van der Waals surface area (Å²) in [4.78, 5) is 0.274. The fourth-order valence-corrected chi connectivity index (χ4v) is 2.83. The average molecular weight is 305 g/mol. The fraction of sp³-hybridized carbons (Fsp3) is 0.250. The summed E-state index contributed by atoms with van der Waals surface area (Å²) in [6.45, 7) is 2.98. The van der Waals surface area contributed by atoms with Gasteiger partial charge in [-0.05, 0) is 24.6 Å². The molecule has 0 saturated carbocycles. The summed E-state index contributed by atoms with van der Waals surface area (Å²) in [7, 11) is -3.45. The Hall–Kier alpha value is -1.69. The van der Waals surface area contributed by atoms with Crippen molar-refractivity contribution in [3.05, 3.63) is 65.7 Å². The molecule has 0 spiro atoms. The van der Waals surface area contributed by atoms with Crippen molar-refractivity contribution >= 4 is 10.0 Å².